The fraction of sp³-hybridized carbons (Fsp3) is 0.0566. The number of furan rings is 1. The number of hydrogen-bond acceptors (Lipinski definition) is 14. The molecule has 0 unspecified atom stereocenters. The zero-order valence-corrected chi connectivity index (χ0v) is 68.5. The van der Waals surface area contributed by atoms with Crippen LogP contribution in [0.1, 0.15) is 40.2 Å². The molecular formula is C106H72N10OS3. The van der Waals surface area contributed by atoms with Crippen LogP contribution in [0.25, 0.3) is 204 Å². The molecule has 1 aliphatic carbocycles. The molecule has 0 atom stereocenters. The van der Waals surface area contributed by atoms with Gasteiger partial charge in [-0.15, -0.1) is 34.0 Å². The van der Waals surface area contributed by atoms with Crippen molar-refractivity contribution in [1.29, 1.82) is 0 Å². The highest BCUT2D eigenvalue weighted by molar-refractivity contribution is 7.27. The molecule has 0 radical (unpaired) electrons. The quantitative estimate of drug-likeness (QED) is 0.162. The van der Waals surface area contributed by atoms with E-state index < -0.39 is 0 Å². The van der Waals surface area contributed by atoms with Crippen molar-refractivity contribution in [2.45, 2.75) is 41.0 Å². The third-order valence-electron chi connectivity index (χ3n) is 22.3. The van der Waals surface area contributed by atoms with Gasteiger partial charge in [0.2, 0.25) is 0 Å². The first-order valence-electron chi connectivity index (χ1n) is 40.0. The van der Waals surface area contributed by atoms with Crippen LogP contribution in [0.3, 0.4) is 0 Å². The van der Waals surface area contributed by atoms with E-state index in [-0.39, 0.29) is 0 Å². The van der Waals surface area contributed by atoms with Gasteiger partial charge in [0.15, 0.2) is 0 Å². The van der Waals surface area contributed by atoms with Gasteiger partial charge in [0.05, 0.1) is 56.1 Å². The Morgan fingerprint density at radius 3 is 1.14 bits per heavy atom. The van der Waals surface area contributed by atoms with Gasteiger partial charge < -0.3 is 4.42 Å². The minimum Gasteiger partial charge on any atom is -0.455 e. The van der Waals surface area contributed by atoms with Crippen LogP contribution in [0.4, 0.5) is 0 Å². The van der Waals surface area contributed by atoms with E-state index in [0.717, 1.165) is 157 Å². The molecule has 0 bridgehead atoms. The normalized spacial score (nSPS) is 11.7. The van der Waals surface area contributed by atoms with Gasteiger partial charge in [-0.3, -0.25) is 0 Å². The molecule has 570 valence electrons. The molecule has 0 fully saturated rings. The summed E-state index contributed by atoms with van der Waals surface area (Å²) in [5.74, 6) is 3.99. The molecule has 0 N–H and O–H groups in total. The number of nitrogens with zero attached hydrogens (tertiary/aromatic N) is 10. The third kappa shape index (κ3) is 13.5. The Hall–Kier alpha value is -14.5. The topological polar surface area (TPSA) is 142 Å². The number of thiophene rings is 3. The highest BCUT2D eigenvalue weighted by Gasteiger charge is 2.25. The summed E-state index contributed by atoms with van der Waals surface area (Å²) < 4.78 is 14.0. The third-order valence-corrected chi connectivity index (χ3v) is 25.8. The average molecular weight is 1600 g/mol. The molecule has 0 aliphatic heterocycles. The second-order valence-electron chi connectivity index (χ2n) is 30.0. The maximum atomic E-state index is 6.17. The van der Waals surface area contributed by atoms with Crippen LogP contribution in [0.2, 0.25) is 0 Å². The van der Waals surface area contributed by atoms with Crippen LogP contribution in [0, 0.1) is 34.6 Å². The van der Waals surface area contributed by atoms with E-state index in [1.165, 1.54) is 93.9 Å². The standard InChI is InChI=1S/C22H16N2.C21H14N2O.3C21H14N2S/c1-14-23-20-12-5-4-10-18(20)22(24-14)19-11-6-8-16-13-15-7-2-3-9-17(15)21(16)19;2*1-13-22-18-11-4-2-8-16(18)20(23-13)17-10-6-9-15-14-7-3-5-12-19(14)24-21(15)17;1-13-22-18-8-4-2-7-17(18)21(23-13)14-10-11-16-15-6-3-5-9-19(15)24-20(16)12-14;1-13-22-18-8-4-2-7-16(18)21(23-13)14-10-11-20-17(12-14)15-6-3-5-9-19(15)24-20/h2-12H,13H2,1H3;4*2-12H,1H3. The van der Waals surface area contributed by atoms with Crippen molar-refractivity contribution in [3.05, 3.63) is 374 Å². The first-order valence-corrected chi connectivity index (χ1v) is 42.5. The van der Waals surface area contributed by atoms with Gasteiger partial charge in [0, 0.05) is 126 Å². The van der Waals surface area contributed by atoms with Crippen molar-refractivity contribution >= 4 is 171 Å². The summed E-state index contributed by atoms with van der Waals surface area (Å²) in [4.78, 5) is 46.6. The number of hydrogen-bond donors (Lipinski definition) is 0. The maximum absolute atomic E-state index is 6.17. The molecule has 9 aromatic heterocycles. The second-order valence-corrected chi connectivity index (χ2v) is 33.3. The fourth-order valence-corrected chi connectivity index (χ4v) is 20.5. The molecule has 0 spiro atoms. The Kier molecular flexibility index (Phi) is 18.8. The predicted octanol–water partition coefficient (Wildman–Crippen LogP) is 28.6. The Morgan fingerprint density at radius 2 is 0.575 bits per heavy atom. The van der Waals surface area contributed by atoms with Crippen LogP contribution < -0.4 is 0 Å². The zero-order valence-electron chi connectivity index (χ0n) is 66.1. The van der Waals surface area contributed by atoms with E-state index in [0.29, 0.717) is 0 Å². The predicted molar refractivity (Wildman–Crippen MR) is 503 cm³/mol. The van der Waals surface area contributed by atoms with Crippen LogP contribution in [0.15, 0.2) is 338 Å². The van der Waals surface area contributed by atoms with E-state index >= 15 is 0 Å². The summed E-state index contributed by atoms with van der Waals surface area (Å²) >= 11 is 5.51. The summed E-state index contributed by atoms with van der Waals surface area (Å²) in [7, 11) is 0. The first-order chi connectivity index (χ1) is 59.0. The second kappa shape index (κ2) is 30.8. The van der Waals surface area contributed by atoms with Crippen molar-refractivity contribution in [3.63, 3.8) is 0 Å². The van der Waals surface area contributed by atoms with E-state index in [1.54, 1.807) is 0 Å². The van der Waals surface area contributed by atoms with Crippen molar-refractivity contribution in [2.75, 3.05) is 0 Å². The van der Waals surface area contributed by atoms with Crippen molar-refractivity contribution < 1.29 is 4.42 Å². The Balaban J connectivity index is 0.0000000928. The number of benzene rings is 15. The summed E-state index contributed by atoms with van der Waals surface area (Å²) in [5.41, 5.74) is 22.9. The van der Waals surface area contributed by atoms with Gasteiger partial charge in [0.25, 0.3) is 0 Å². The van der Waals surface area contributed by atoms with Crippen LogP contribution in [0.5, 0.6) is 0 Å². The fourth-order valence-electron chi connectivity index (χ4n) is 17.0. The first kappa shape index (κ1) is 73.1. The Labute approximate surface area is 702 Å². The molecule has 0 saturated heterocycles. The monoisotopic (exact) mass is 1600 g/mol. The van der Waals surface area contributed by atoms with Crippen LogP contribution >= 0.6 is 34.0 Å². The maximum Gasteiger partial charge on any atom is 0.144 e. The van der Waals surface area contributed by atoms with Crippen molar-refractivity contribution in [3.8, 4) is 67.4 Å². The lowest BCUT2D eigenvalue weighted by atomic mass is 9.95. The molecule has 15 aromatic carbocycles. The van der Waals surface area contributed by atoms with Gasteiger partial charge in [0.1, 0.15) is 40.3 Å². The molecule has 25 rings (SSSR count). The lowest BCUT2D eigenvalue weighted by Crippen LogP contribution is -1.95. The SMILES string of the molecule is Cc1nc(-c2ccc3c(c2)sc2ccccc23)c2ccccc2n1.Cc1nc(-c2ccc3sc4ccccc4c3c2)c2ccccc2n1.Cc1nc(-c2cccc3c2-c2ccccc2C3)c2ccccc2n1.Cc1nc(-c2cccc3c2oc2ccccc23)c2ccccc2n1.Cc1nc(-c2cccc3c2sc2ccccc23)c2ccccc2n1. The molecule has 0 amide bonds. The number of fused-ring (bicyclic) bond motifs is 20. The lowest BCUT2D eigenvalue weighted by Gasteiger charge is -2.12. The number of para-hydroxylation sites is 7. The Morgan fingerprint density at radius 1 is 0.225 bits per heavy atom. The van der Waals surface area contributed by atoms with Gasteiger partial charge in [-0.1, -0.05) is 255 Å². The largest absolute Gasteiger partial charge is 0.455 e. The highest BCUT2D eigenvalue weighted by atomic mass is 32.1. The molecule has 24 aromatic rings. The van der Waals surface area contributed by atoms with Gasteiger partial charge in [-0.05, 0) is 142 Å². The van der Waals surface area contributed by atoms with Gasteiger partial charge in [-0.2, -0.15) is 0 Å². The summed E-state index contributed by atoms with van der Waals surface area (Å²) in [6.07, 6.45) is 1.00. The molecule has 14 heteroatoms. The van der Waals surface area contributed by atoms with E-state index in [1.807, 2.05) is 154 Å². The molecule has 11 nitrogen and oxygen atoms in total. The average Bonchev–Trinajstić information content (AvgIpc) is 1.58. The summed E-state index contributed by atoms with van der Waals surface area (Å²) in [6, 6.07) is 116. The zero-order chi connectivity index (χ0) is 80.5. The number of aryl methyl sites for hydroxylation is 5. The number of aromatic nitrogens is 10. The molecule has 1 aliphatic rings. The van der Waals surface area contributed by atoms with E-state index in [2.05, 4.69) is 274 Å². The van der Waals surface area contributed by atoms with Crippen molar-refractivity contribution in [1.82, 2.24) is 49.8 Å². The summed E-state index contributed by atoms with van der Waals surface area (Å²) in [6.45, 7) is 9.76. The highest BCUT2D eigenvalue weighted by Crippen LogP contribution is 2.47. The molecule has 0 saturated carbocycles. The molecule has 9 heterocycles. The minimum atomic E-state index is 0.761. The van der Waals surface area contributed by atoms with Crippen molar-refractivity contribution in [2.24, 2.45) is 0 Å². The Bertz CT molecular complexity index is 7990. The van der Waals surface area contributed by atoms with E-state index in [9.17, 15) is 0 Å². The van der Waals surface area contributed by atoms with Crippen LogP contribution in [-0.4, -0.2) is 49.8 Å². The van der Waals surface area contributed by atoms with Gasteiger partial charge >= 0.3 is 0 Å². The van der Waals surface area contributed by atoms with E-state index in [4.69, 9.17) is 29.3 Å². The smallest absolute Gasteiger partial charge is 0.144 e. The molecule has 120 heavy (non-hydrogen) atoms. The molecular weight excluding hydrogens is 1530 g/mol. The lowest BCUT2D eigenvalue weighted by molar-refractivity contribution is 0.670. The number of rotatable bonds is 5. The van der Waals surface area contributed by atoms with Crippen LogP contribution in [-0.2, 0) is 6.42 Å². The summed E-state index contributed by atoms with van der Waals surface area (Å²) in [5, 5.41) is 15.6. The minimum absolute atomic E-state index is 0.761. The van der Waals surface area contributed by atoms with Gasteiger partial charge in [-0.25, -0.2) is 49.8 Å².